The molecule has 7 nitrogen and oxygen atoms in total. The Labute approximate surface area is 97.6 Å². The molecule has 4 N–H and O–H groups in total. The maximum absolute atomic E-state index is 11.8. The smallest absolute Gasteiger partial charge is 0.341 e. The highest BCUT2D eigenvalue weighted by Gasteiger charge is 2.22. The maximum atomic E-state index is 11.8. The number of aromatic amines is 1. The lowest BCUT2D eigenvalue weighted by Gasteiger charge is -2.22. The minimum Gasteiger partial charge on any atom is -0.477 e. The number of carboxylic acid groups (broad SMARTS) is 1. The molecule has 1 unspecified atom stereocenters. The molecule has 0 bridgehead atoms. The maximum Gasteiger partial charge on any atom is 0.341 e. The molecule has 1 amide bonds. The van der Waals surface area contributed by atoms with E-state index in [1.807, 2.05) is 0 Å². The minimum absolute atomic E-state index is 0.0332. The van der Waals surface area contributed by atoms with E-state index < -0.39 is 5.97 Å². The van der Waals surface area contributed by atoms with Crippen LogP contribution >= 0.6 is 0 Å². The zero-order valence-corrected chi connectivity index (χ0v) is 9.19. The number of carbonyl (C=O) groups excluding carboxylic acids is 1. The van der Waals surface area contributed by atoms with Gasteiger partial charge in [0.05, 0.1) is 12.2 Å². The molecule has 0 spiro atoms. The van der Waals surface area contributed by atoms with Gasteiger partial charge in [0, 0.05) is 0 Å². The van der Waals surface area contributed by atoms with Gasteiger partial charge in [-0.05, 0) is 19.4 Å². The summed E-state index contributed by atoms with van der Waals surface area (Å²) in [7, 11) is 0. The molecule has 0 saturated carbocycles. The first-order valence-corrected chi connectivity index (χ1v) is 5.49. The topological polar surface area (TPSA) is 107 Å². The van der Waals surface area contributed by atoms with Gasteiger partial charge in [0.15, 0.2) is 0 Å². The summed E-state index contributed by atoms with van der Waals surface area (Å²) in [5.41, 5.74) is -0.0332. The average molecular weight is 238 g/mol. The molecule has 1 saturated heterocycles. The van der Waals surface area contributed by atoms with Gasteiger partial charge in [0.25, 0.3) is 0 Å². The molecule has 2 rings (SSSR count). The van der Waals surface area contributed by atoms with E-state index >= 15 is 0 Å². The van der Waals surface area contributed by atoms with E-state index in [9.17, 15) is 9.59 Å². The minimum atomic E-state index is -1.12. The fourth-order valence-corrected chi connectivity index (χ4v) is 1.83. The van der Waals surface area contributed by atoms with Crippen LogP contribution in [0.3, 0.4) is 0 Å². The van der Waals surface area contributed by atoms with Crippen molar-refractivity contribution in [1.29, 1.82) is 0 Å². The zero-order chi connectivity index (χ0) is 12.3. The van der Waals surface area contributed by atoms with Crippen LogP contribution in [0.2, 0.25) is 0 Å². The van der Waals surface area contributed by atoms with Gasteiger partial charge in [-0.25, -0.2) is 4.79 Å². The molecule has 1 atom stereocenters. The summed E-state index contributed by atoms with van der Waals surface area (Å²) < 4.78 is 0. The Hall–Kier alpha value is -1.89. The van der Waals surface area contributed by atoms with E-state index in [4.69, 9.17) is 5.11 Å². The fraction of sp³-hybridized carbons (Fsp3) is 0.500. The van der Waals surface area contributed by atoms with Crippen LogP contribution in [0.5, 0.6) is 0 Å². The number of carboxylic acids is 1. The lowest BCUT2D eigenvalue weighted by atomic mass is 10.0. The van der Waals surface area contributed by atoms with Crippen molar-refractivity contribution < 1.29 is 14.7 Å². The Morgan fingerprint density at radius 2 is 2.29 bits per heavy atom. The van der Waals surface area contributed by atoms with Crippen molar-refractivity contribution in [3.8, 4) is 0 Å². The van der Waals surface area contributed by atoms with Crippen LogP contribution in [0.4, 0.5) is 5.82 Å². The van der Waals surface area contributed by atoms with Crippen LogP contribution < -0.4 is 10.6 Å². The van der Waals surface area contributed by atoms with Crippen molar-refractivity contribution in [2.45, 2.75) is 25.3 Å². The van der Waals surface area contributed by atoms with Crippen molar-refractivity contribution in [2.75, 3.05) is 11.9 Å². The molecule has 17 heavy (non-hydrogen) atoms. The molecule has 7 heteroatoms. The number of hydrogen-bond donors (Lipinski definition) is 4. The molecular formula is C10H14N4O3. The largest absolute Gasteiger partial charge is 0.477 e. The van der Waals surface area contributed by atoms with E-state index in [0.717, 1.165) is 25.8 Å². The normalized spacial score (nSPS) is 19.9. The third-order valence-corrected chi connectivity index (χ3v) is 2.74. The zero-order valence-electron chi connectivity index (χ0n) is 9.19. The second-order valence-electron chi connectivity index (χ2n) is 3.96. The van der Waals surface area contributed by atoms with E-state index in [-0.39, 0.29) is 23.3 Å². The Morgan fingerprint density at radius 1 is 1.47 bits per heavy atom. The summed E-state index contributed by atoms with van der Waals surface area (Å²) in [6, 6.07) is -0.256. The standard InChI is InChI=1S/C10H14N4O3/c15-9(7-3-1-2-4-11-7)13-8-6(10(16)17)5-12-14-8/h5,7,11H,1-4H2,(H,16,17)(H2,12,13,14,15). The first-order valence-electron chi connectivity index (χ1n) is 5.49. The van der Waals surface area contributed by atoms with Gasteiger partial charge >= 0.3 is 5.97 Å². The quantitative estimate of drug-likeness (QED) is 0.601. The molecular weight excluding hydrogens is 224 g/mol. The second-order valence-corrected chi connectivity index (χ2v) is 3.96. The van der Waals surface area contributed by atoms with Gasteiger partial charge in [-0.1, -0.05) is 6.42 Å². The molecule has 1 aliphatic heterocycles. The molecule has 0 aliphatic carbocycles. The summed E-state index contributed by atoms with van der Waals surface area (Å²) in [5.74, 6) is -1.21. The highest BCUT2D eigenvalue weighted by Crippen LogP contribution is 2.13. The number of nitrogens with zero attached hydrogens (tertiary/aromatic N) is 1. The first-order chi connectivity index (χ1) is 8.18. The van der Waals surface area contributed by atoms with Gasteiger partial charge in [-0.2, -0.15) is 5.10 Å². The number of hydrogen-bond acceptors (Lipinski definition) is 4. The predicted octanol–water partition coefficient (Wildman–Crippen LogP) is 0.188. The first kappa shape index (κ1) is 11.6. The summed E-state index contributed by atoms with van der Waals surface area (Å²) in [6.07, 6.45) is 4.00. The number of rotatable bonds is 3. The van der Waals surface area contributed by atoms with Crippen LogP contribution in [-0.2, 0) is 4.79 Å². The van der Waals surface area contributed by atoms with Gasteiger partial charge < -0.3 is 15.7 Å². The van der Waals surface area contributed by atoms with Crippen molar-refractivity contribution in [2.24, 2.45) is 0 Å². The second kappa shape index (κ2) is 4.96. The third-order valence-electron chi connectivity index (χ3n) is 2.74. The number of nitrogens with one attached hydrogen (secondary N) is 3. The van der Waals surface area contributed by atoms with Crippen molar-refractivity contribution >= 4 is 17.7 Å². The molecule has 1 fully saturated rings. The van der Waals surface area contributed by atoms with Gasteiger partial charge in [0.1, 0.15) is 11.4 Å². The van der Waals surface area contributed by atoms with Crippen molar-refractivity contribution in [3.63, 3.8) is 0 Å². The number of piperidine rings is 1. The molecule has 2 heterocycles. The summed E-state index contributed by atoms with van der Waals surface area (Å²) in [4.78, 5) is 22.6. The van der Waals surface area contributed by atoms with Crippen LogP contribution in [-0.4, -0.2) is 39.8 Å². The van der Waals surface area contributed by atoms with E-state index in [1.165, 1.54) is 6.20 Å². The van der Waals surface area contributed by atoms with Crippen LogP contribution in [0.15, 0.2) is 6.20 Å². The van der Waals surface area contributed by atoms with Gasteiger partial charge in [-0.3, -0.25) is 9.89 Å². The number of anilines is 1. The Bertz CT molecular complexity index is 423. The number of carbonyl (C=O) groups is 2. The van der Waals surface area contributed by atoms with Crippen molar-refractivity contribution in [1.82, 2.24) is 15.5 Å². The number of H-pyrrole nitrogens is 1. The molecule has 1 aromatic rings. The SMILES string of the molecule is O=C(O)c1cn[nH]c1NC(=O)C1CCCCN1. The fourth-order valence-electron chi connectivity index (χ4n) is 1.83. The molecule has 0 radical (unpaired) electrons. The number of aromatic carboxylic acids is 1. The lowest BCUT2D eigenvalue weighted by molar-refractivity contribution is -0.118. The summed E-state index contributed by atoms with van der Waals surface area (Å²) in [6.45, 7) is 0.812. The van der Waals surface area contributed by atoms with Crippen LogP contribution in [0.1, 0.15) is 29.6 Å². The summed E-state index contributed by atoms with van der Waals surface area (Å²) >= 11 is 0. The Kier molecular flexibility index (Phi) is 3.38. The van der Waals surface area contributed by atoms with E-state index in [0.29, 0.717) is 0 Å². The number of amides is 1. The van der Waals surface area contributed by atoms with E-state index in [2.05, 4.69) is 20.8 Å². The predicted molar refractivity (Wildman–Crippen MR) is 59.8 cm³/mol. The Balaban J connectivity index is 2.02. The van der Waals surface area contributed by atoms with Crippen molar-refractivity contribution in [3.05, 3.63) is 11.8 Å². The molecule has 0 aromatic carbocycles. The molecule has 92 valence electrons. The third kappa shape index (κ3) is 2.62. The highest BCUT2D eigenvalue weighted by molar-refractivity contribution is 6.00. The van der Waals surface area contributed by atoms with Crippen LogP contribution in [0.25, 0.3) is 0 Å². The highest BCUT2D eigenvalue weighted by atomic mass is 16.4. The summed E-state index contributed by atoms with van der Waals surface area (Å²) in [5, 5.41) is 20.5. The van der Waals surface area contributed by atoms with Gasteiger partial charge in [0.2, 0.25) is 5.91 Å². The van der Waals surface area contributed by atoms with E-state index in [1.54, 1.807) is 0 Å². The molecule has 1 aromatic heterocycles. The van der Waals surface area contributed by atoms with Gasteiger partial charge in [-0.15, -0.1) is 0 Å². The lowest BCUT2D eigenvalue weighted by Crippen LogP contribution is -2.43. The monoisotopic (exact) mass is 238 g/mol. The Morgan fingerprint density at radius 3 is 2.94 bits per heavy atom. The number of aromatic nitrogens is 2. The van der Waals surface area contributed by atoms with Crippen LogP contribution in [0, 0.1) is 0 Å². The average Bonchev–Trinajstić information content (AvgIpc) is 2.78. The molecule has 1 aliphatic rings.